The van der Waals surface area contributed by atoms with Crippen LogP contribution in [0.3, 0.4) is 0 Å². The van der Waals surface area contributed by atoms with Gasteiger partial charge in [-0.15, -0.1) is 12.0 Å². The van der Waals surface area contributed by atoms with E-state index in [1.807, 2.05) is 36.4 Å². The van der Waals surface area contributed by atoms with Crippen molar-refractivity contribution in [1.29, 1.82) is 5.26 Å². The maximum Gasteiger partial charge on any atom is 0.221 e. The number of nitrogens with zero attached hydrogens (tertiary/aromatic N) is 1. The van der Waals surface area contributed by atoms with E-state index < -0.39 is 14.1 Å². The SMILES string of the molecule is C#CCOc1ccc(CCC(=O)NC(C#N)c2ccc(C#C[Si](C)(C)C)cc2)cc1OC. The Morgan fingerprint density at radius 3 is 2.47 bits per heavy atom. The topological polar surface area (TPSA) is 71.3 Å². The first kappa shape index (κ1) is 24.6. The number of benzene rings is 2. The smallest absolute Gasteiger partial charge is 0.221 e. The molecular weight excluding hydrogens is 416 g/mol. The minimum Gasteiger partial charge on any atom is -0.493 e. The van der Waals surface area contributed by atoms with Gasteiger partial charge in [0.1, 0.15) is 20.7 Å². The highest BCUT2D eigenvalue weighted by molar-refractivity contribution is 6.83. The number of amides is 1. The molecule has 0 saturated heterocycles. The zero-order valence-corrected chi connectivity index (χ0v) is 20.0. The number of hydrogen-bond acceptors (Lipinski definition) is 4. The average Bonchev–Trinajstić information content (AvgIpc) is 2.78. The molecule has 0 aliphatic heterocycles. The summed E-state index contributed by atoms with van der Waals surface area (Å²) in [6.45, 7) is 6.72. The van der Waals surface area contributed by atoms with Gasteiger partial charge in [-0.25, -0.2) is 0 Å². The maximum atomic E-state index is 12.4. The molecule has 1 N–H and O–H groups in total. The Morgan fingerprint density at radius 2 is 1.88 bits per heavy atom. The number of hydrogen-bond donors (Lipinski definition) is 1. The van der Waals surface area contributed by atoms with Crippen molar-refractivity contribution in [3.05, 3.63) is 59.2 Å². The lowest BCUT2D eigenvalue weighted by atomic mass is 10.0. The van der Waals surface area contributed by atoms with Gasteiger partial charge >= 0.3 is 0 Å². The summed E-state index contributed by atoms with van der Waals surface area (Å²) in [5, 5.41) is 12.3. The van der Waals surface area contributed by atoms with E-state index in [1.165, 1.54) is 0 Å². The number of rotatable bonds is 8. The van der Waals surface area contributed by atoms with Crippen molar-refractivity contribution in [3.63, 3.8) is 0 Å². The molecule has 2 aromatic rings. The van der Waals surface area contributed by atoms with Crippen LogP contribution in [0.1, 0.15) is 29.2 Å². The van der Waals surface area contributed by atoms with Crippen LogP contribution in [-0.4, -0.2) is 27.7 Å². The van der Waals surface area contributed by atoms with Gasteiger partial charge in [0.2, 0.25) is 5.91 Å². The molecule has 6 heteroatoms. The summed E-state index contributed by atoms with van der Waals surface area (Å²) in [5.74, 6) is 6.51. The molecule has 2 rings (SSSR count). The van der Waals surface area contributed by atoms with Gasteiger partial charge in [0.05, 0.1) is 13.2 Å². The molecule has 0 aliphatic carbocycles. The summed E-state index contributed by atoms with van der Waals surface area (Å²) in [4.78, 5) is 12.4. The predicted octanol–water partition coefficient (Wildman–Crippen LogP) is 4.25. The van der Waals surface area contributed by atoms with Crippen molar-refractivity contribution in [2.45, 2.75) is 38.5 Å². The fourth-order valence-corrected chi connectivity index (χ4v) is 3.33. The van der Waals surface area contributed by atoms with Crippen molar-refractivity contribution >= 4 is 14.0 Å². The summed E-state index contributed by atoms with van der Waals surface area (Å²) >= 11 is 0. The Kier molecular flexibility index (Phi) is 8.96. The van der Waals surface area contributed by atoms with Gasteiger partial charge < -0.3 is 14.8 Å². The molecule has 0 fully saturated rings. The Bertz CT molecular complexity index is 1080. The highest BCUT2D eigenvalue weighted by Crippen LogP contribution is 2.28. The second-order valence-corrected chi connectivity index (χ2v) is 13.0. The lowest BCUT2D eigenvalue weighted by Gasteiger charge is -2.13. The van der Waals surface area contributed by atoms with Crippen LogP contribution in [0.25, 0.3) is 0 Å². The number of terminal acetylenes is 1. The standard InChI is InChI=1S/C26H28N2O3Si/c1-6-16-31-24-13-9-21(18-25(24)30-2)10-14-26(29)28-23(19-27)22-11-7-20(8-12-22)15-17-32(3,4)5/h1,7-9,11-13,18,23H,10,14,16H2,2-5H3,(H,28,29). The number of ether oxygens (including phenoxy) is 2. The molecule has 164 valence electrons. The first-order valence-corrected chi connectivity index (χ1v) is 13.8. The number of nitriles is 1. The second-order valence-electron chi connectivity index (χ2n) is 8.23. The van der Waals surface area contributed by atoms with Crippen molar-refractivity contribution in [3.8, 4) is 41.4 Å². The Labute approximate surface area is 191 Å². The van der Waals surface area contributed by atoms with Crippen LogP contribution in [-0.2, 0) is 11.2 Å². The molecule has 1 unspecified atom stereocenters. The van der Waals surface area contributed by atoms with Crippen LogP contribution in [0.2, 0.25) is 19.6 Å². The van der Waals surface area contributed by atoms with E-state index in [-0.39, 0.29) is 18.9 Å². The lowest BCUT2D eigenvalue weighted by Crippen LogP contribution is -2.27. The van der Waals surface area contributed by atoms with E-state index in [9.17, 15) is 10.1 Å². The zero-order valence-electron chi connectivity index (χ0n) is 19.0. The number of carbonyl (C=O) groups is 1. The first-order chi connectivity index (χ1) is 15.3. The molecule has 0 spiro atoms. The Hall–Kier alpha value is -3.66. The molecule has 1 atom stereocenters. The van der Waals surface area contributed by atoms with E-state index in [0.29, 0.717) is 17.9 Å². The molecular formula is C26H28N2O3Si. The van der Waals surface area contributed by atoms with E-state index in [0.717, 1.165) is 16.7 Å². The van der Waals surface area contributed by atoms with E-state index in [1.54, 1.807) is 13.2 Å². The van der Waals surface area contributed by atoms with Gasteiger partial charge in [-0.2, -0.15) is 5.26 Å². The zero-order chi connectivity index (χ0) is 23.6. The summed E-state index contributed by atoms with van der Waals surface area (Å²) in [5.41, 5.74) is 5.87. The maximum absolute atomic E-state index is 12.4. The Morgan fingerprint density at radius 1 is 1.16 bits per heavy atom. The van der Waals surface area contributed by atoms with Crippen LogP contribution in [0.4, 0.5) is 0 Å². The molecule has 1 amide bonds. The number of aryl methyl sites for hydroxylation is 1. The largest absolute Gasteiger partial charge is 0.493 e. The fourth-order valence-electron chi connectivity index (χ4n) is 2.81. The number of nitrogens with one attached hydrogen (secondary N) is 1. The minimum absolute atomic E-state index is 0.152. The molecule has 0 aliphatic rings. The molecule has 0 radical (unpaired) electrons. The van der Waals surface area contributed by atoms with Crippen LogP contribution in [0.15, 0.2) is 42.5 Å². The minimum atomic E-state index is -1.45. The molecule has 0 heterocycles. The van der Waals surface area contributed by atoms with Gasteiger partial charge in [-0.05, 0) is 41.8 Å². The molecule has 0 aromatic heterocycles. The third kappa shape index (κ3) is 7.87. The highest BCUT2D eigenvalue weighted by atomic mass is 28.3. The summed E-state index contributed by atoms with van der Waals surface area (Å²) in [6.07, 6.45) is 5.96. The quantitative estimate of drug-likeness (QED) is 0.488. The second kappa shape index (κ2) is 11.7. The Balaban J connectivity index is 1.97. The van der Waals surface area contributed by atoms with Gasteiger partial charge in [-0.3, -0.25) is 4.79 Å². The van der Waals surface area contributed by atoms with Gasteiger partial charge in [-0.1, -0.05) is 49.7 Å². The van der Waals surface area contributed by atoms with Gasteiger partial charge in [0, 0.05) is 12.0 Å². The van der Waals surface area contributed by atoms with E-state index in [2.05, 4.69) is 48.4 Å². The first-order valence-electron chi connectivity index (χ1n) is 10.3. The van der Waals surface area contributed by atoms with E-state index in [4.69, 9.17) is 15.9 Å². The molecule has 5 nitrogen and oxygen atoms in total. The van der Waals surface area contributed by atoms with Crippen LogP contribution in [0.5, 0.6) is 11.5 Å². The normalized spacial score (nSPS) is 11.2. The van der Waals surface area contributed by atoms with Crippen LogP contribution < -0.4 is 14.8 Å². The van der Waals surface area contributed by atoms with Crippen molar-refractivity contribution in [2.75, 3.05) is 13.7 Å². The lowest BCUT2D eigenvalue weighted by molar-refractivity contribution is -0.121. The van der Waals surface area contributed by atoms with Gasteiger partial charge in [0.15, 0.2) is 11.5 Å². The summed E-state index contributed by atoms with van der Waals surface area (Å²) < 4.78 is 10.8. The molecule has 2 aromatic carbocycles. The summed E-state index contributed by atoms with van der Waals surface area (Å²) in [6, 6.07) is 14.3. The monoisotopic (exact) mass is 444 g/mol. The summed E-state index contributed by atoms with van der Waals surface area (Å²) in [7, 11) is 0.0996. The van der Waals surface area contributed by atoms with Crippen LogP contribution in [0, 0.1) is 35.1 Å². The van der Waals surface area contributed by atoms with Crippen molar-refractivity contribution < 1.29 is 14.3 Å². The third-order valence-electron chi connectivity index (χ3n) is 4.44. The van der Waals surface area contributed by atoms with E-state index >= 15 is 0 Å². The fraction of sp³-hybridized carbons (Fsp3) is 0.308. The number of carbonyl (C=O) groups excluding carboxylic acids is 1. The molecule has 32 heavy (non-hydrogen) atoms. The van der Waals surface area contributed by atoms with Crippen molar-refractivity contribution in [2.24, 2.45) is 0 Å². The molecule has 0 bridgehead atoms. The average molecular weight is 445 g/mol. The third-order valence-corrected chi connectivity index (χ3v) is 5.32. The van der Waals surface area contributed by atoms with Gasteiger partial charge in [0.25, 0.3) is 0 Å². The highest BCUT2D eigenvalue weighted by Gasteiger charge is 2.14. The van der Waals surface area contributed by atoms with Crippen LogP contribution >= 0.6 is 0 Å². The predicted molar refractivity (Wildman–Crippen MR) is 129 cm³/mol. The van der Waals surface area contributed by atoms with Crippen molar-refractivity contribution in [1.82, 2.24) is 5.32 Å². The molecule has 0 saturated carbocycles. The number of methoxy groups -OCH3 is 1.